The fourth-order valence-electron chi connectivity index (χ4n) is 1.41. The number of primary amides is 1. The van der Waals surface area contributed by atoms with Crippen LogP contribution in [0.1, 0.15) is 15.9 Å². The van der Waals surface area contributed by atoms with E-state index < -0.39 is 5.91 Å². The lowest BCUT2D eigenvalue weighted by Crippen LogP contribution is -2.10. The molecule has 0 bridgehead atoms. The number of amides is 1. The highest BCUT2D eigenvalue weighted by Crippen LogP contribution is 2.20. The van der Waals surface area contributed by atoms with Crippen LogP contribution in [-0.2, 0) is 0 Å². The third-order valence-corrected chi connectivity index (χ3v) is 2.61. The number of benzene rings is 1. The Labute approximate surface area is 91.9 Å². The van der Waals surface area contributed by atoms with Crippen LogP contribution in [0.25, 0.3) is 10.9 Å². The molecule has 0 aliphatic carbocycles. The van der Waals surface area contributed by atoms with Crippen molar-refractivity contribution in [2.45, 2.75) is 6.92 Å². The number of carbonyl (C=O) groups excluding carboxylic acids is 1. The maximum absolute atomic E-state index is 11.0. The molecule has 1 aromatic carbocycles. The summed E-state index contributed by atoms with van der Waals surface area (Å²) >= 11 is 5.89. The van der Waals surface area contributed by atoms with Crippen LogP contribution in [0.4, 0.5) is 0 Å². The van der Waals surface area contributed by atoms with Crippen molar-refractivity contribution in [2.24, 2.45) is 5.73 Å². The Balaban J connectivity index is 2.72. The van der Waals surface area contributed by atoms with Crippen molar-refractivity contribution in [1.29, 1.82) is 0 Å². The van der Waals surface area contributed by atoms with Crippen molar-refractivity contribution in [2.75, 3.05) is 0 Å². The quantitative estimate of drug-likeness (QED) is 0.750. The normalized spacial score (nSPS) is 10.5. The molecule has 2 rings (SSSR count). The zero-order chi connectivity index (χ0) is 11.0. The first-order chi connectivity index (χ1) is 7.08. The molecule has 0 saturated heterocycles. The van der Waals surface area contributed by atoms with Crippen molar-refractivity contribution < 1.29 is 4.79 Å². The average molecular weight is 221 g/mol. The molecule has 3 nitrogen and oxygen atoms in total. The zero-order valence-corrected chi connectivity index (χ0v) is 8.88. The summed E-state index contributed by atoms with van der Waals surface area (Å²) < 4.78 is 0. The molecule has 0 spiro atoms. The van der Waals surface area contributed by atoms with Gasteiger partial charge in [-0.25, -0.2) is 4.98 Å². The van der Waals surface area contributed by atoms with Crippen LogP contribution < -0.4 is 5.73 Å². The van der Waals surface area contributed by atoms with E-state index in [2.05, 4.69) is 4.98 Å². The molecule has 15 heavy (non-hydrogen) atoms. The van der Waals surface area contributed by atoms with E-state index in [4.69, 9.17) is 17.3 Å². The minimum absolute atomic E-state index is 0.440. The number of hydrogen-bond acceptors (Lipinski definition) is 2. The number of halogens is 1. The predicted octanol–water partition coefficient (Wildman–Crippen LogP) is 2.30. The molecule has 2 aromatic rings. The molecular weight excluding hydrogens is 212 g/mol. The van der Waals surface area contributed by atoms with E-state index in [0.29, 0.717) is 10.7 Å². The predicted molar refractivity (Wildman–Crippen MR) is 60.0 cm³/mol. The van der Waals surface area contributed by atoms with Gasteiger partial charge >= 0.3 is 0 Å². The number of nitrogens with two attached hydrogens (primary N) is 1. The van der Waals surface area contributed by atoms with E-state index in [-0.39, 0.29) is 0 Å². The van der Waals surface area contributed by atoms with Gasteiger partial charge in [-0.3, -0.25) is 4.79 Å². The first kappa shape index (κ1) is 9.93. The lowest BCUT2D eigenvalue weighted by Gasteiger charge is -2.02. The maximum Gasteiger partial charge on any atom is 0.248 e. The number of aromatic nitrogens is 1. The average Bonchev–Trinajstić information content (AvgIpc) is 2.19. The molecule has 0 unspecified atom stereocenters. The van der Waals surface area contributed by atoms with E-state index in [0.717, 1.165) is 16.5 Å². The van der Waals surface area contributed by atoms with Crippen molar-refractivity contribution >= 4 is 28.4 Å². The Morgan fingerprint density at radius 2 is 2.13 bits per heavy atom. The first-order valence-corrected chi connectivity index (χ1v) is 4.82. The molecule has 4 heteroatoms. The summed E-state index contributed by atoms with van der Waals surface area (Å²) in [6, 6.07) is 6.98. The van der Waals surface area contributed by atoms with Crippen LogP contribution in [0.2, 0.25) is 5.15 Å². The minimum atomic E-state index is -0.440. The van der Waals surface area contributed by atoms with E-state index in [1.807, 2.05) is 13.0 Å². The summed E-state index contributed by atoms with van der Waals surface area (Å²) in [5.74, 6) is -0.440. The van der Waals surface area contributed by atoms with E-state index in [9.17, 15) is 4.79 Å². The summed E-state index contributed by atoms with van der Waals surface area (Å²) in [4.78, 5) is 15.2. The lowest BCUT2D eigenvalue weighted by molar-refractivity contribution is 0.100. The third-order valence-electron chi connectivity index (χ3n) is 2.23. The number of nitrogens with zero attached hydrogens (tertiary/aromatic N) is 1. The van der Waals surface area contributed by atoms with Gasteiger partial charge in [-0.1, -0.05) is 11.6 Å². The Hall–Kier alpha value is -1.61. The van der Waals surface area contributed by atoms with Gasteiger partial charge in [-0.05, 0) is 36.8 Å². The van der Waals surface area contributed by atoms with Gasteiger partial charge in [-0.15, -0.1) is 0 Å². The molecule has 1 amide bonds. The molecule has 1 aromatic heterocycles. The highest BCUT2D eigenvalue weighted by atomic mass is 35.5. The molecule has 0 atom stereocenters. The standard InChI is InChI=1S/C11H9ClN2O/c1-6-4-8-5-7(11(13)15)2-3-9(8)14-10(6)12/h2-5H,1H3,(H2,13,15). The van der Waals surface area contributed by atoms with Crippen LogP contribution in [0, 0.1) is 6.92 Å². The highest BCUT2D eigenvalue weighted by molar-refractivity contribution is 6.30. The fraction of sp³-hybridized carbons (Fsp3) is 0.0909. The van der Waals surface area contributed by atoms with Crippen LogP contribution in [0.3, 0.4) is 0 Å². The maximum atomic E-state index is 11.0. The summed E-state index contributed by atoms with van der Waals surface area (Å²) in [6.45, 7) is 1.87. The molecule has 1 heterocycles. The molecule has 0 fully saturated rings. The van der Waals surface area contributed by atoms with Crippen LogP contribution in [-0.4, -0.2) is 10.9 Å². The van der Waals surface area contributed by atoms with Crippen LogP contribution >= 0.6 is 11.6 Å². The van der Waals surface area contributed by atoms with Crippen molar-refractivity contribution in [3.63, 3.8) is 0 Å². The molecular formula is C11H9ClN2O. The van der Waals surface area contributed by atoms with Gasteiger partial charge in [0.15, 0.2) is 0 Å². The summed E-state index contributed by atoms with van der Waals surface area (Å²) in [6.07, 6.45) is 0. The molecule has 0 saturated carbocycles. The topological polar surface area (TPSA) is 56.0 Å². The van der Waals surface area contributed by atoms with E-state index >= 15 is 0 Å². The van der Waals surface area contributed by atoms with Crippen LogP contribution in [0.15, 0.2) is 24.3 Å². The number of carbonyl (C=O) groups is 1. The third kappa shape index (κ3) is 1.78. The second-order valence-electron chi connectivity index (χ2n) is 3.37. The van der Waals surface area contributed by atoms with Gasteiger partial charge in [0.05, 0.1) is 5.52 Å². The Kier molecular flexibility index (Phi) is 2.32. The SMILES string of the molecule is Cc1cc2cc(C(N)=O)ccc2nc1Cl. The first-order valence-electron chi connectivity index (χ1n) is 4.44. The van der Waals surface area contributed by atoms with Crippen LogP contribution in [0.5, 0.6) is 0 Å². The Bertz CT molecular complexity index is 552. The second-order valence-corrected chi connectivity index (χ2v) is 3.73. The smallest absolute Gasteiger partial charge is 0.248 e. The number of fused-ring (bicyclic) bond motifs is 1. The van der Waals surface area contributed by atoms with E-state index in [1.54, 1.807) is 18.2 Å². The highest BCUT2D eigenvalue weighted by Gasteiger charge is 2.04. The zero-order valence-electron chi connectivity index (χ0n) is 8.12. The van der Waals surface area contributed by atoms with Gasteiger partial charge in [0.2, 0.25) is 5.91 Å². The summed E-state index contributed by atoms with van der Waals surface area (Å²) in [7, 11) is 0. The molecule has 2 N–H and O–H groups in total. The fourth-order valence-corrected chi connectivity index (χ4v) is 1.56. The lowest BCUT2D eigenvalue weighted by atomic mass is 10.1. The van der Waals surface area contributed by atoms with Crippen molar-refractivity contribution in [1.82, 2.24) is 4.98 Å². The Morgan fingerprint density at radius 1 is 1.40 bits per heavy atom. The van der Waals surface area contributed by atoms with Gasteiger partial charge in [0.1, 0.15) is 5.15 Å². The number of hydrogen-bond donors (Lipinski definition) is 1. The second kappa shape index (κ2) is 3.51. The van der Waals surface area contributed by atoms with E-state index in [1.165, 1.54) is 0 Å². The Morgan fingerprint density at radius 3 is 2.80 bits per heavy atom. The van der Waals surface area contributed by atoms with Crippen molar-refractivity contribution in [3.8, 4) is 0 Å². The van der Waals surface area contributed by atoms with Gasteiger partial charge in [0.25, 0.3) is 0 Å². The van der Waals surface area contributed by atoms with Gasteiger partial charge < -0.3 is 5.73 Å². The molecule has 0 aliphatic rings. The largest absolute Gasteiger partial charge is 0.366 e. The number of rotatable bonds is 1. The minimum Gasteiger partial charge on any atom is -0.366 e. The molecule has 0 radical (unpaired) electrons. The number of pyridine rings is 1. The van der Waals surface area contributed by atoms with Gasteiger partial charge in [0, 0.05) is 10.9 Å². The summed E-state index contributed by atoms with van der Waals surface area (Å²) in [5.41, 5.74) is 7.31. The number of aryl methyl sites for hydroxylation is 1. The summed E-state index contributed by atoms with van der Waals surface area (Å²) in [5, 5.41) is 1.35. The monoisotopic (exact) mass is 220 g/mol. The van der Waals surface area contributed by atoms with Gasteiger partial charge in [-0.2, -0.15) is 0 Å². The van der Waals surface area contributed by atoms with Crippen molar-refractivity contribution in [3.05, 3.63) is 40.5 Å². The molecule has 76 valence electrons. The molecule has 0 aliphatic heterocycles.